The lowest BCUT2D eigenvalue weighted by Crippen LogP contribution is -2.40. The van der Waals surface area contributed by atoms with Crippen molar-refractivity contribution in [3.8, 4) is 0 Å². The largest absolute Gasteiger partial charge is 0.379 e. The molecule has 136 valence electrons. The van der Waals surface area contributed by atoms with E-state index in [2.05, 4.69) is 13.2 Å². The molecule has 2 rings (SSSR count). The average Bonchev–Trinajstić information content (AvgIpc) is 2.62. The molecule has 1 saturated heterocycles. The first-order valence-corrected chi connectivity index (χ1v) is 9.62. The molecule has 0 saturated carbocycles. The highest BCUT2D eigenvalue weighted by atomic mass is 35.5. The average molecular weight is 385 g/mol. The van der Waals surface area contributed by atoms with E-state index in [9.17, 15) is 13.2 Å². The number of ether oxygens (including phenoxy) is 1. The molecular formula is C17H21ClN2O4S. The Morgan fingerprint density at radius 1 is 1.24 bits per heavy atom. The minimum Gasteiger partial charge on any atom is -0.379 e. The summed E-state index contributed by atoms with van der Waals surface area (Å²) < 4.78 is 32.2. The van der Waals surface area contributed by atoms with Gasteiger partial charge in [-0.25, -0.2) is 8.42 Å². The van der Waals surface area contributed by atoms with E-state index >= 15 is 0 Å². The van der Waals surface area contributed by atoms with Crippen molar-refractivity contribution in [1.29, 1.82) is 0 Å². The fourth-order valence-corrected chi connectivity index (χ4v) is 4.40. The molecule has 1 aromatic rings. The lowest BCUT2D eigenvalue weighted by atomic mass is 10.2. The quantitative estimate of drug-likeness (QED) is 0.676. The normalized spacial score (nSPS) is 15.6. The molecule has 1 aliphatic heterocycles. The Balaban J connectivity index is 2.37. The lowest BCUT2D eigenvalue weighted by molar-refractivity contribution is 0.0730. The number of amides is 1. The molecule has 0 bridgehead atoms. The fraction of sp³-hybridized carbons (Fsp3) is 0.353. The topological polar surface area (TPSA) is 66.9 Å². The summed E-state index contributed by atoms with van der Waals surface area (Å²) in [6.07, 6.45) is 3.20. The third-order valence-electron chi connectivity index (χ3n) is 3.75. The zero-order chi connectivity index (χ0) is 18.4. The zero-order valence-electron chi connectivity index (χ0n) is 13.9. The highest BCUT2D eigenvalue weighted by molar-refractivity contribution is 7.89. The second-order valence-electron chi connectivity index (χ2n) is 5.45. The molecule has 1 heterocycles. The van der Waals surface area contributed by atoms with Crippen LogP contribution in [0, 0.1) is 0 Å². The Morgan fingerprint density at radius 3 is 2.40 bits per heavy atom. The third kappa shape index (κ3) is 4.49. The summed E-state index contributed by atoms with van der Waals surface area (Å²) in [5, 5.41) is 0.0852. The predicted molar refractivity (Wildman–Crippen MR) is 97.3 cm³/mol. The summed E-state index contributed by atoms with van der Waals surface area (Å²) >= 11 is 6.11. The van der Waals surface area contributed by atoms with Crippen LogP contribution < -0.4 is 0 Å². The van der Waals surface area contributed by atoms with Crippen LogP contribution >= 0.6 is 11.6 Å². The molecule has 0 radical (unpaired) electrons. The van der Waals surface area contributed by atoms with Gasteiger partial charge in [0.1, 0.15) is 4.90 Å². The summed E-state index contributed by atoms with van der Waals surface area (Å²) in [5.41, 5.74) is 0.250. The van der Waals surface area contributed by atoms with E-state index in [0.29, 0.717) is 26.3 Å². The Kier molecular flexibility index (Phi) is 6.78. The van der Waals surface area contributed by atoms with Gasteiger partial charge in [0, 0.05) is 31.7 Å². The summed E-state index contributed by atoms with van der Waals surface area (Å²) in [7, 11) is -3.79. The fourth-order valence-electron chi connectivity index (χ4n) is 2.49. The second-order valence-corrected chi connectivity index (χ2v) is 7.76. The van der Waals surface area contributed by atoms with Crippen LogP contribution in [0.5, 0.6) is 0 Å². The van der Waals surface area contributed by atoms with Gasteiger partial charge in [-0.2, -0.15) is 4.31 Å². The number of sulfonamides is 1. The van der Waals surface area contributed by atoms with Crippen LogP contribution in [-0.2, 0) is 14.8 Å². The molecule has 1 amide bonds. The minimum absolute atomic E-state index is 0.0703. The monoisotopic (exact) mass is 384 g/mol. The SMILES string of the molecule is C=CCN(CC=C)C(=O)c1ccc(Cl)c(S(=O)(=O)N2CCOCC2)c1. The maximum absolute atomic E-state index is 12.8. The first-order chi connectivity index (χ1) is 11.9. The molecule has 1 fully saturated rings. The van der Waals surface area contributed by atoms with Gasteiger partial charge in [0.05, 0.1) is 18.2 Å². The molecule has 0 spiro atoms. The van der Waals surface area contributed by atoms with E-state index in [4.69, 9.17) is 16.3 Å². The molecule has 0 aliphatic carbocycles. The number of hydrogen-bond acceptors (Lipinski definition) is 4. The van der Waals surface area contributed by atoms with E-state index in [-0.39, 0.29) is 34.5 Å². The summed E-state index contributed by atoms with van der Waals surface area (Å²) in [6.45, 7) is 9.11. The van der Waals surface area contributed by atoms with Crippen molar-refractivity contribution in [1.82, 2.24) is 9.21 Å². The maximum Gasteiger partial charge on any atom is 0.254 e. The molecule has 0 unspecified atom stereocenters. The Hall–Kier alpha value is -1.67. The van der Waals surface area contributed by atoms with E-state index in [1.807, 2.05) is 0 Å². The van der Waals surface area contributed by atoms with Crippen LogP contribution in [0.3, 0.4) is 0 Å². The van der Waals surface area contributed by atoms with Gasteiger partial charge in [-0.3, -0.25) is 4.79 Å². The predicted octanol–water partition coefficient (Wildman–Crippen LogP) is 2.18. The van der Waals surface area contributed by atoms with Gasteiger partial charge in [-0.05, 0) is 18.2 Å². The standard InChI is InChI=1S/C17H21ClN2O4S/c1-3-7-19(8-4-2)17(21)14-5-6-15(18)16(13-14)25(22,23)20-9-11-24-12-10-20/h3-6,13H,1-2,7-12H2. The van der Waals surface area contributed by atoms with E-state index < -0.39 is 10.0 Å². The molecule has 25 heavy (non-hydrogen) atoms. The van der Waals surface area contributed by atoms with Crippen molar-refractivity contribution in [2.75, 3.05) is 39.4 Å². The first-order valence-electron chi connectivity index (χ1n) is 7.80. The van der Waals surface area contributed by atoms with Crippen molar-refractivity contribution in [2.24, 2.45) is 0 Å². The highest BCUT2D eigenvalue weighted by Gasteiger charge is 2.29. The Bertz CT molecular complexity index is 748. The van der Waals surface area contributed by atoms with E-state index in [0.717, 1.165) is 0 Å². The van der Waals surface area contributed by atoms with Crippen molar-refractivity contribution >= 4 is 27.5 Å². The molecular weight excluding hydrogens is 364 g/mol. The maximum atomic E-state index is 12.8. The Labute approximate surface area is 153 Å². The van der Waals surface area contributed by atoms with Gasteiger partial charge in [-0.15, -0.1) is 13.2 Å². The minimum atomic E-state index is -3.79. The van der Waals surface area contributed by atoms with Crippen LogP contribution in [0.4, 0.5) is 0 Å². The second kappa shape index (κ2) is 8.62. The molecule has 6 nitrogen and oxygen atoms in total. The first kappa shape index (κ1) is 19.7. The van der Waals surface area contributed by atoms with Gasteiger partial charge >= 0.3 is 0 Å². The van der Waals surface area contributed by atoms with Gasteiger partial charge in [0.2, 0.25) is 10.0 Å². The third-order valence-corrected chi connectivity index (χ3v) is 6.13. The van der Waals surface area contributed by atoms with Crippen molar-refractivity contribution in [3.05, 3.63) is 54.1 Å². The molecule has 0 atom stereocenters. The number of halogens is 1. The van der Waals surface area contributed by atoms with Crippen molar-refractivity contribution in [2.45, 2.75) is 4.90 Å². The molecule has 1 aromatic carbocycles. The van der Waals surface area contributed by atoms with E-state index in [1.165, 1.54) is 27.4 Å². The van der Waals surface area contributed by atoms with Gasteiger partial charge < -0.3 is 9.64 Å². The van der Waals surface area contributed by atoms with Crippen LogP contribution in [0.2, 0.25) is 5.02 Å². The van der Waals surface area contributed by atoms with Crippen LogP contribution in [0.1, 0.15) is 10.4 Å². The van der Waals surface area contributed by atoms with Crippen LogP contribution in [0.25, 0.3) is 0 Å². The number of carbonyl (C=O) groups is 1. The van der Waals surface area contributed by atoms with Crippen molar-refractivity contribution < 1.29 is 17.9 Å². The number of carbonyl (C=O) groups excluding carboxylic acids is 1. The van der Waals surface area contributed by atoms with Gasteiger partial charge in [-0.1, -0.05) is 23.8 Å². The number of hydrogen-bond donors (Lipinski definition) is 0. The molecule has 0 N–H and O–H groups in total. The van der Waals surface area contributed by atoms with E-state index in [1.54, 1.807) is 12.2 Å². The van der Waals surface area contributed by atoms with Crippen LogP contribution in [0.15, 0.2) is 48.4 Å². The molecule has 8 heteroatoms. The summed E-state index contributed by atoms with van der Waals surface area (Å²) in [6, 6.07) is 4.28. The van der Waals surface area contributed by atoms with Gasteiger partial charge in [0.15, 0.2) is 0 Å². The van der Waals surface area contributed by atoms with Gasteiger partial charge in [0.25, 0.3) is 5.91 Å². The zero-order valence-corrected chi connectivity index (χ0v) is 15.4. The lowest BCUT2D eigenvalue weighted by Gasteiger charge is -2.26. The smallest absolute Gasteiger partial charge is 0.254 e. The summed E-state index contributed by atoms with van der Waals surface area (Å²) in [5.74, 6) is -0.310. The molecule has 0 aromatic heterocycles. The number of benzene rings is 1. The summed E-state index contributed by atoms with van der Waals surface area (Å²) in [4.78, 5) is 14.1. The number of nitrogens with zero attached hydrogens (tertiary/aromatic N) is 2. The van der Waals surface area contributed by atoms with Crippen molar-refractivity contribution in [3.63, 3.8) is 0 Å². The Morgan fingerprint density at radius 2 is 1.84 bits per heavy atom. The highest BCUT2D eigenvalue weighted by Crippen LogP contribution is 2.27. The van der Waals surface area contributed by atoms with Crippen LogP contribution in [-0.4, -0.2) is 62.9 Å². The number of morpholine rings is 1. The number of rotatable bonds is 7. The molecule has 1 aliphatic rings.